The number of primary amides is 1. The van der Waals surface area contributed by atoms with Crippen LogP contribution in [0.3, 0.4) is 0 Å². The average molecular weight is 298 g/mol. The second kappa shape index (κ2) is 6.07. The highest BCUT2D eigenvalue weighted by Crippen LogP contribution is 2.35. The molecule has 0 spiro atoms. The number of rotatable bonds is 5. The lowest BCUT2D eigenvalue weighted by atomic mass is 9.93. The van der Waals surface area contributed by atoms with E-state index >= 15 is 0 Å². The van der Waals surface area contributed by atoms with Crippen molar-refractivity contribution in [2.45, 2.75) is 37.3 Å². The fourth-order valence-corrected chi connectivity index (χ4v) is 3.13. The van der Waals surface area contributed by atoms with Gasteiger partial charge in [-0.1, -0.05) is 18.9 Å². The third-order valence-corrected chi connectivity index (χ3v) is 4.40. The summed E-state index contributed by atoms with van der Waals surface area (Å²) in [5, 5.41) is 10.1. The number of likely N-dealkylation sites (N-methyl/N-ethyl adjacent to an activating group) is 1. The number of amides is 1. The molecule has 1 unspecified atom stereocenters. The summed E-state index contributed by atoms with van der Waals surface area (Å²) in [5.41, 5.74) is 4.29. The van der Waals surface area contributed by atoms with E-state index in [0.29, 0.717) is 12.8 Å². The highest BCUT2D eigenvalue weighted by Gasteiger charge is 2.43. The monoisotopic (exact) mass is 298 g/mol. The van der Waals surface area contributed by atoms with Crippen LogP contribution in [0.2, 0.25) is 0 Å². The maximum absolute atomic E-state index is 13.7. The number of nitrogens with zero attached hydrogens (tertiary/aromatic N) is 1. The van der Waals surface area contributed by atoms with Gasteiger partial charge in [0.15, 0.2) is 0 Å². The average Bonchev–Trinajstić information content (AvgIpc) is 2.88. The molecule has 1 aromatic rings. The first-order valence-corrected chi connectivity index (χ1v) is 7.01. The van der Waals surface area contributed by atoms with Gasteiger partial charge in [-0.2, -0.15) is 0 Å². The van der Waals surface area contributed by atoms with Crippen LogP contribution in [0.1, 0.15) is 37.4 Å². The summed E-state index contributed by atoms with van der Waals surface area (Å²) < 4.78 is 27.3. The van der Waals surface area contributed by atoms with Crippen LogP contribution in [0.25, 0.3) is 0 Å². The van der Waals surface area contributed by atoms with Crippen LogP contribution in [0.5, 0.6) is 0 Å². The molecule has 0 heterocycles. The fraction of sp³-hybridized carbons (Fsp3) is 0.533. The quantitative estimate of drug-likeness (QED) is 0.870. The van der Waals surface area contributed by atoms with Gasteiger partial charge in [0, 0.05) is 6.54 Å². The third kappa shape index (κ3) is 2.91. The van der Waals surface area contributed by atoms with E-state index in [4.69, 9.17) is 5.73 Å². The SMILES string of the molecule is CN(CC(O)c1c(F)cccc1F)C1(C(N)=O)CCCC1. The van der Waals surface area contributed by atoms with Crippen LogP contribution in [-0.2, 0) is 4.79 Å². The first-order valence-electron chi connectivity index (χ1n) is 7.01. The molecule has 0 saturated heterocycles. The summed E-state index contributed by atoms with van der Waals surface area (Å²) >= 11 is 0. The van der Waals surface area contributed by atoms with Gasteiger partial charge in [-0.15, -0.1) is 0 Å². The van der Waals surface area contributed by atoms with Gasteiger partial charge in [-0.25, -0.2) is 8.78 Å². The van der Waals surface area contributed by atoms with Gasteiger partial charge in [-0.3, -0.25) is 9.69 Å². The standard InChI is InChI=1S/C15H20F2N2O2/c1-19(15(14(18)21)7-2-3-8-15)9-12(20)13-10(16)5-4-6-11(13)17/h4-6,12,20H,2-3,7-9H2,1H3,(H2,18,21). The number of benzene rings is 1. The van der Waals surface area contributed by atoms with Gasteiger partial charge >= 0.3 is 0 Å². The Bertz CT molecular complexity index is 510. The van der Waals surface area contributed by atoms with E-state index in [2.05, 4.69) is 0 Å². The van der Waals surface area contributed by atoms with Crippen LogP contribution < -0.4 is 5.73 Å². The van der Waals surface area contributed by atoms with E-state index in [0.717, 1.165) is 25.0 Å². The van der Waals surface area contributed by atoms with E-state index < -0.39 is 29.2 Å². The maximum atomic E-state index is 13.7. The topological polar surface area (TPSA) is 66.6 Å². The Balaban J connectivity index is 2.19. The number of carbonyl (C=O) groups is 1. The molecule has 1 amide bonds. The Morgan fingerprint density at radius 3 is 2.38 bits per heavy atom. The summed E-state index contributed by atoms with van der Waals surface area (Å²) in [5.74, 6) is -2.05. The largest absolute Gasteiger partial charge is 0.387 e. The van der Waals surface area contributed by atoms with Crippen LogP contribution >= 0.6 is 0 Å². The molecule has 1 aromatic carbocycles. The molecule has 0 radical (unpaired) electrons. The Hall–Kier alpha value is -1.53. The fourth-order valence-electron chi connectivity index (χ4n) is 3.13. The van der Waals surface area contributed by atoms with Crippen LogP contribution in [-0.4, -0.2) is 35.0 Å². The molecule has 0 bridgehead atoms. The van der Waals surface area contributed by atoms with Crippen molar-refractivity contribution < 1.29 is 18.7 Å². The van der Waals surface area contributed by atoms with Crippen LogP contribution in [0.15, 0.2) is 18.2 Å². The Morgan fingerprint density at radius 2 is 1.90 bits per heavy atom. The number of hydrogen-bond donors (Lipinski definition) is 2. The first kappa shape index (κ1) is 15.9. The molecule has 3 N–H and O–H groups in total. The molecule has 1 fully saturated rings. The minimum atomic E-state index is -1.35. The summed E-state index contributed by atoms with van der Waals surface area (Å²) in [6.07, 6.45) is 1.60. The molecule has 0 aliphatic heterocycles. The van der Waals surface area contributed by atoms with Crippen molar-refractivity contribution in [3.63, 3.8) is 0 Å². The number of hydrogen-bond acceptors (Lipinski definition) is 3. The predicted octanol–water partition coefficient (Wildman–Crippen LogP) is 1.73. The minimum Gasteiger partial charge on any atom is -0.387 e. The van der Waals surface area contributed by atoms with Gasteiger partial charge in [0.1, 0.15) is 11.6 Å². The number of aliphatic hydroxyl groups is 1. The highest BCUT2D eigenvalue weighted by molar-refractivity contribution is 5.85. The summed E-state index contributed by atoms with van der Waals surface area (Å²) in [6, 6.07) is 3.44. The normalized spacial score (nSPS) is 18.9. The van der Waals surface area contributed by atoms with Gasteiger partial charge in [0.25, 0.3) is 0 Å². The van der Waals surface area contributed by atoms with Gasteiger partial charge in [0.2, 0.25) is 5.91 Å². The summed E-state index contributed by atoms with van der Waals surface area (Å²) in [4.78, 5) is 13.4. The van der Waals surface area contributed by atoms with E-state index in [1.54, 1.807) is 11.9 Å². The van der Waals surface area contributed by atoms with Crippen LogP contribution in [0, 0.1) is 11.6 Å². The molecule has 4 nitrogen and oxygen atoms in total. The number of carbonyl (C=O) groups excluding carboxylic acids is 1. The van der Waals surface area contributed by atoms with Gasteiger partial charge in [-0.05, 0) is 32.0 Å². The minimum absolute atomic E-state index is 0.0548. The lowest BCUT2D eigenvalue weighted by Crippen LogP contribution is -2.55. The van der Waals surface area contributed by atoms with Crippen molar-refractivity contribution >= 4 is 5.91 Å². The van der Waals surface area contributed by atoms with Gasteiger partial charge < -0.3 is 10.8 Å². The number of aliphatic hydroxyl groups excluding tert-OH is 1. The molecular weight excluding hydrogens is 278 g/mol. The van der Waals surface area contributed by atoms with Crippen molar-refractivity contribution in [1.82, 2.24) is 4.90 Å². The first-order chi connectivity index (χ1) is 9.88. The summed E-state index contributed by atoms with van der Waals surface area (Å²) in [7, 11) is 1.65. The van der Waals surface area contributed by atoms with E-state index in [1.165, 1.54) is 6.07 Å². The van der Waals surface area contributed by atoms with E-state index in [9.17, 15) is 18.7 Å². The molecule has 1 aliphatic rings. The molecule has 1 atom stereocenters. The molecule has 1 aliphatic carbocycles. The van der Waals surface area contributed by atoms with E-state index in [-0.39, 0.29) is 12.1 Å². The molecule has 0 aromatic heterocycles. The molecular formula is C15H20F2N2O2. The smallest absolute Gasteiger partial charge is 0.237 e. The zero-order chi connectivity index (χ0) is 15.6. The van der Waals surface area contributed by atoms with Crippen LogP contribution in [0.4, 0.5) is 8.78 Å². The molecule has 6 heteroatoms. The van der Waals surface area contributed by atoms with Crippen molar-refractivity contribution in [2.75, 3.05) is 13.6 Å². The van der Waals surface area contributed by atoms with Crippen molar-refractivity contribution in [3.8, 4) is 0 Å². The highest BCUT2D eigenvalue weighted by atomic mass is 19.1. The van der Waals surface area contributed by atoms with Crippen molar-refractivity contribution in [1.29, 1.82) is 0 Å². The lowest BCUT2D eigenvalue weighted by molar-refractivity contribution is -0.130. The second-order valence-corrected chi connectivity index (χ2v) is 5.63. The molecule has 21 heavy (non-hydrogen) atoms. The zero-order valence-corrected chi connectivity index (χ0v) is 12.0. The molecule has 2 rings (SSSR count). The Morgan fingerprint density at radius 1 is 1.38 bits per heavy atom. The lowest BCUT2D eigenvalue weighted by Gasteiger charge is -2.37. The number of halogens is 2. The number of β-amino-alcohol motifs (C(OH)–C–C–N with tert-alkyl or cyclic N) is 1. The third-order valence-electron chi connectivity index (χ3n) is 4.40. The molecule has 1 saturated carbocycles. The predicted molar refractivity (Wildman–Crippen MR) is 74.3 cm³/mol. The Kier molecular flexibility index (Phi) is 4.58. The second-order valence-electron chi connectivity index (χ2n) is 5.63. The van der Waals surface area contributed by atoms with Crippen molar-refractivity contribution in [2.24, 2.45) is 5.73 Å². The Labute approximate surface area is 122 Å². The van der Waals surface area contributed by atoms with E-state index in [1.807, 2.05) is 0 Å². The molecule has 116 valence electrons. The zero-order valence-electron chi connectivity index (χ0n) is 12.0. The maximum Gasteiger partial charge on any atom is 0.237 e. The number of nitrogens with two attached hydrogens (primary N) is 1. The van der Waals surface area contributed by atoms with Gasteiger partial charge in [0.05, 0.1) is 17.2 Å². The summed E-state index contributed by atoms with van der Waals surface area (Å²) in [6.45, 7) is -0.0548. The van der Waals surface area contributed by atoms with Crippen molar-refractivity contribution in [3.05, 3.63) is 35.4 Å².